The Morgan fingerprint density at radius 1 is 1.13 bits per heavy atom. The zero-order chi connectivity index (χ0) is 16.4. The van der Waals surface area contributed by atoms with Crippen LogP contribution >= 0.6 is 11.8 Å². The number of anilines is 1. The molecule has 5 nitrogen and oxygen atoms in total. The summed E-state index contributed by atoms with van der Waals surface area (Å²) in [5, 5.41) is 9.27. The molecule has 1 N–H and O–H groups in total. The van der Waals surface area contributed by atoms with Crippen LogP contribution in [0.4, 0.5) is 10.5 Å². The zero-order valence-electron chi connectivity index (χ0n) is 12.2. The summed E-state index contributed by atoms with van der Waals surface area (Å²) in [6, 6.07) is 13.5. The predicted molar refractivity (Wildman–Crippen MR) is 89.6 cm³/mol. The van der Waals surface area contributed by atoms with Gasteiger partial charge in [0.25, 0.3) is 11.1 Å². The van der Waals surface area contributed by atoms with Crippen molar-refractivity contribution >= 4 is 34.7 Å². The van der Waals surface area contributed by atoms with Gasteiger partial charge in [-0.15, -0.1) is 0 Å². The summed E-state index contributed by atoms with van der Waals surface area (Å²) in [6.07, 6.45) is 1.61. The van der Waals surface area contributed by atoms with Crippen molar-refractivity contribution in [1.29, 1.82) is 0 Å². The highest BCUT2D eigenvalue weighted by molar-refractivity contribution is 8.19. The van der Waals surface area contributed by atoms with E-state index in [0.29, 0.717) is 21.9 Å². The molecule has 0 saturated carbocycles. The van der Waals surface area contributed by atoms with Gasteiger partial charge in [-0.05, 0) is 47.7 Å². The molecule has 3 rings (SSSR count). The number of para-hydroxylation sites is 1. The highest BCUT2D eigenvalue weighted by Crippen LogP contribution is 2.36. The van der Waals surface area contributed by atoms with Gasteiger partial charge in [0, 0.05) is 0 Å². The molecular formula is C17H13NO4S. The van der Waals surface area contributed by atoms with Gasteiger partial charge in [-0.25, -0.2) is 4.90 Å². The number of thioether (sulfide) groups is 1. The van der Waals surface area contributed by atoms with E-state index in [1.165, 1.54) is 13.2 Å². The van der Waals surface area contributed by atoms with Crippen LogP contribution in [0, 0.1) is 0 Å². The van der Waals surface area contributed by atoms with Crippen molar-refractivity contribution in [3.63, 3.8) is 0 Å². The van der Waals surface area contributed by atoms with Crippen LogP contribution in [0.5, 0.6) is 11.5 Å². The summed E-state index contributed by atoms with van der Waals surface area (Å²) in [5.74, 6) is -0.0404. The van der Waals surface area contributed by atoms with E-state index in [0.717, 1.165) is 16.7 Å². The van der Waals surface area contributed by atoms with Crippen LogP contribution in [0.2, 0.25) is 0 Å². The number of ether oxygens (including phenoxy) is 1. The average molecular weight is 327 g/mol. The van der Waals surface area contributed by atoms with E-state index in [1.54, 1.807) is 42.5 Å². The van der Waals surface area contributed by atoms with E-state index in [4.69, 9.17) is 4.74 Å². The van der Waals surface area contributed by atoms with Gasteiger partial charge in [0.1, 0.15) is 0 Å². The first-order chi connectivity index (χ1) is 11.1. The summed E-state index contributed by atoms with van der Waals surface area (Å²) in [6.45, 7) is 0. The van der Waals surface area contributed by atoms with Gasteiger partial charge in [0.2, 0.25) is 0 Å². The van der Waals surface area contributed by atoms with E-state index in [1.807, 2.05) is 6.07 Å². The smallest absolute Gasteiger partial charge is 0.298 e. The number of hydrogen-bond donors (Lipinski definition) is 1. The van der Waals surface area contributed by atoms with E-state index in [9.17, 15) is 14.7 Å². The molecule has 2 aromatic carbocycles. The number of phenolic OH excluding ortho intramolecular Hbond substituents is 1. The average Bonchev–Trinajstić information content (AvgIpc) is 2.84. The summed E-state index contributed by atoms with van der Waals surface area (Å²) >= 11 is 0.884. The molecule has 116 valence electrons. The van der Waals surface area contributed by atoms with Crippen LogP contribution in [-0.2, 0) is 4.79 Å². The van der Waals surface area contributed by atoms with Crippen molar-refractivity contribution in [2.24, 2.45) is 0 Å². The number of hydrogen-bond acceptors (Lipinski definition) is 5. The molecule has 2 aromatic rings. The van der Waals surface area contributed by atoms with Crippen molar-refractivity contribution in [3.8, 4) is 11.5 Å². The van der Waals surface area contributed by atoms with E-state index in [2.05, 4.69) is 0 Å². The summed E-state index contributed by atoms with van der Waals surface area (Å²) in [5.41, 5.74) is 1.21. The van der Waals surface area contributed by atoms with E-state index in [-0.39, 0.29) is 16.9 Å². The second kappa shape index (κ2) is 6.18. The fraction of sp³-hybridized carbons (Fsp3) is 0.0588. The van der Waals surface area contributed by atoms with Crippen LogP contribution in [0.1, 0.15) is 5.56 Å². The summed E-state index contributed by atoms with van der Waals surface area (Å²) in [4.78, 5) is 26.1. The van der Waals surface area contributed by atoms with Gasteiger partial charge >= 0.3 is 0 Å². The number of nitrogens with zero attached hydrogens (tertiary/aromatic N) is 1. The maximum absolute atomic E-state index is 12.5. The number of amides is 2. The first-order valence-corrected chi connectivity index (χ1v) is 7.62. The Labute approximate surface area is 137 Å². The van der Waals surface area contributed by atoms with Crippen molar-refractivity contribution < 1.29 is 19.4 Å². The monoisotopic (exact) mass is 327 g/mol. The number of benzene rings is 2. The minimum Gasteiger partial charge on any atom is -0.504 e. The van der Waals surface area contributed by atoms with Crippen LogP contribution < -0.4 is 9.64 Å². The molecule has 0 bridgehead atoms. The lowest BCUT2D eigenvalue weighted by Gasteiger charge is -2.11. The maximum atomic E-state index is 12.5. The van der Waals surface area contributed by atoms with Crippen molar-refractivity contribution in [3.05, 3.63) is 59.0 Å². The van der Waals surface area contributed by atoms with Gasteiger partial charge in [-0.2, -0.15) is 0 Å². The molecule has 0 radical (unpaired) electrons. The number of rotatable bonds is 3. The summed E-state index contributed by atoms with van der Waals surface area (Å²) in [7, 11) is 1.45. The van der Waals surface area contributed by atoms with Crippen LogP contribution in [0.15, 0.2) is 53.4 Å². The molecule has 0 aromatic heterocycles. The molecule has 2 amide bonds. The van der Waals surface area contributed by atoms with Gasteiger partial charge in [0.05, 0.1) is 17.7 Å². The van der Waals surface area contributed by atoms with Gasteiger partial charge in [0.15, 0.2) is 11.5 Å². The Kier molecular flexibility index (Phi) is 4.08. The summed E-state index contributed by atoms with van der Waals surface area (Å²) < 4.78 is 5.04. The first-order valence-electron chi connectivity index (χ1n) is 6.80. The highest BCUT2D eigenvalue weighted by atomic mass is 32.2. The molecule has 0 spiro atoms. The molecule has 0 unspecified atom stereocenters. The molecular weight excluding hydrogens is 314 g/mol. The SMILES string of the molecule is COc1cc(/C=C2/SC(=O)N(c3ccccc3)C2=O)ccc1O. The molecule has 1 aliphatic heterocycles. The number of methoxy groups -OCH3 is 1. The quantitative estimate of drug-likeness (QED) is 0.872. The minimum absolute atomic E-state index is 0.0158. The Balaban J connectivity index is 1.93. The van der Waals surface area contributed by atoms with Gasteiger partial charge < -0.3 is 9.84 Å². The fourth-order valence-corrected chi connectivity index (χ4v) is 3.04. The lowest BCUT2D eigenvalue weighted by molar-refractivity contribution is -0.113. The number of aromatic hydroxyl groups is 1. The van der Waals surface area contributed by atoms with E-state index < -0.39 is 0 Å². The number of carbonyl (C=O) groups is 2. The lowest BCUT2D eigenvalue weighted by atomic mass is 10.2. The second-order valence-corrected chi connectivity index (χ2v) is 5.78. The molecule has 6 heteroatoms. The Bertz CT molecular complexity index is 801. The Hall–Kier alpha value is -2.73. The largest absolute Gasteiger partial charge is 0.504 e. The molecule has 1 heterocycles. The lowest BCUT2D eigenvalue weighted by Crippen LogP contribution is -2.27. The molecule has 0 aliphatic carbocycles. The number of phenols is 1. The van der Waals surface area contributed by atoms with Crippen molar-refractivity contribution in [2.45, 2.75) is 0 Å². The molecule has 23 heavy (non-hydrogen) atoms. The van der Waals surface area contributed by atoms with Crippen molar-refractivity contribution in [2.75, 3.05) is 12.0 Å². The zero-order valence-corrected chi connectivity index (χ0v) is 13.0. The third-order valence-electron chi connectivity index (χ3n) is 3.31. The first kappa shape index (κ1) is 15.2. The fourth-order valence-electron chi connectivity index (χ4n) is 2.20. The third-order valence-corrected chi connectivity index (χ3v) is 4.18. The number of imide groups is 1. The molecule has 0 atom stereocenters. The van der Waals surface area contributed by atoms with Crippen molar-refractivity contribution in [1.82, 2.24) is 0 Å². The third kappa shape index (κ3) is 2.93. The highest BCUT2D eigenvalue weighted by Gasteiger charge is 2.36. The molecule has 1 saturated heterocycles. The Morgan fingerprint density at radius 2 is 1.87 bits per heavy atom. The standard InChI is InChI=1S/C17H13NO4S/c1-22-14-9-11(7-8-13(14)19)10-15-16(20)18(17(21)23-15)12-5-3-2-4-6-12/h2-10,19H,1H3/b15-10+. The maximum Gasteiger partial charge on any atom is 0.298 e. The van der Waals surface area contributed by atoms with Crippen LogP contribution in [0.25, 0.3) is 6.08 Å². The predicted octanol–water partition coefficient (Wildman–Crippen LogP) is 3.64. The molecule has 1 aliphatic rings. The normalized spacial score (nSPS) is 16.2. The number of carbonyl (C=O) groups excluding carboxylic acids is 2. The van der Waals surface area contributed by atoms with E-state index >= 15 is 0 Å². The minimum atomic E-state index is -0.363. The van der Waals surface area contributed by atoms with Gasteiger partial charge in [-0.3, -0.25) is 9.59 Å². The second-order valence-electron chi connectivity index (χ2n) is 4.78. The Morgan fingerprint density at radius 3 is 2.57 bits per heavy atom. The topological polar surface area (TPSA) is 66.8 Å². The van der Waals surface area contributed by atoms with Crippen LogP contribution in [-0.4, -0.2) is 23.4 Å². The van der Waals surface area contributed by atoms with Crippen LogP contribution in [0.3, 0.4) is 0 Å². The van der Waals surface area contributed by atoms with Gasteiger partial charge in [-0.1, -0.05) is 24.3 Å². The molecule has 1 fully saturated rings.